The smallest absolute Gasteiger partial charge is 0.320 e. The summed E-state index contributed by atoms with van der Waals surface area (Å²) in [6, 6.07) is 9.01. The van der Waals surface area contributed by atoms with Crippen molar-refractivity contribution in [1.82, 2.24) is 10.3 Å². The number of nitrogens with zero attached hydrogens (tertiary/aromatic N) is 3. The van der Waals surface area contributed by atoms with Crippen molar-refractivity contribution in [2.45, 2.75) is 18.9 Å². The van der Waals surface area contributed by atoms with Crippen molar-refractivity contribution in [3.63, 3.8) is 0 Å². The number of nitrogens with one attached hydrogen (secondary N) is 2. The number of nitriles is 1. The number of rotatable bonds is 5. The summed E-state index contributed by atoms with van der Waals surface area (Å²) in [5.74, 6) is 2.97. The van der Waals surface area contributed by atoms with Crippen molar-refractivity contribution in [3.8, 4) is 18.4 Å². The van der Waals surface area contributed by atoms with E-state index in [9.17, 15) is 15.2 Å². The molecule has 3 N–H and O–H groups in total. The van der Waals surface area contributed by atoms with E-state index in [2.05, 4.69) is 32.5 Å². The first-order valence-corrected chi connectivity index (χ1v) is 9.87. The molecule has 1 aromatic heterocycles. The standard InChI is InChI=1S/C20H21N5O2S/c1-2-19-23-18(13-28-19)24-20(27)22-16(12-26)14-7-9-25(10-8-14)17-6-4-3-5-15(17)11-21/h1,3-6,13-14,16,26H,7-10,12H2,(H2,22,24,27)/t16-/m0/s1. The Bertz CT molecular complexity index is 906. The number of aromatic nitrogens is 1. The van der Waals surface area contributed by atoms with Crippen LogP contribution in [0.3, 0.4) is 0 Å². The molecule has 1 saturated heterocycles. The molecule has 0 bridgehead atoms. The Morgan fingerprint density at radius 2 is 2.18 bits per heavy atom. The Hall–Kier alpha value is -3.07. The van der Waals surface area contributed by atoms with Gasteiger partial charge in [-0.3, -0.25) is 5.32 Å². The Balaban J connectivity index is 1.55. The van der Waals surface area contributed by atoms with Gasteiger partial charge in [-0.05, 0) is 36.8 Å². The van der Waals surface area contributed by atoms with E-state index in [-0.39, 0.29) is 18.6 Å². The minimum absolute atomic E-state index is 0.139. The molecule has 1 fully saturated rings. The number of amides is 2. The highest BCUT2D eigenvalue weighted by molar-refractivity contribution is 7.10. The fourth-order valence-electron chi connectivity index (χ4n) is 3.42. The molecule has 3 rings (SSSR count). The van der Waals surface area contributed by atoms with Crippen LogP contribution < -0.4 is 15.5 Å². The van der Waals surface area contributed by atoms with Gasteiger partial charge in [-0.15, -0.1) is 17.8 Å². The first-order chi connectivity index (χ1) is 13.6. The van der Waals surface area contributed by atoms with Crippen LogP contribution in [0.5, 0.6) is 0 Å². The molecule has 0 saturated carbocycles. The molecule has 2 amide bonds. The number of hydrogen-bond donors (Lipinski definition) is 3. The molecule has 0 unspecified atom stereocenters. The van der Waals surface area contributed by atoms with Gasteiger partial charge >= 0.3 is 6.03 Å². The maximum Gasteiger partial charge on any atom is 0.320 e. The normalized spacial score (nSPS) is 15.3. The highest BCUT2D eigenvalue weighted by atomic mass is 32.1. The summed E-state index contributed by atoms with van der Waals surface area (Å²) in [6.45, 7) is 1.39. The lowest BCUT2D eigenvalue weighted by molar-refractivity contribution is 0.181. The van der Waals surface area contributed by atoms with E-state index in [1.807, 2.05) is 24.3 Å². The van der Waals surface area contributed by atoms with Crippen LogP contribution in [0.1, 0.15) is 23.4 Å². The zero-order valence-electron chi connectivity index (χ0n) is 15.3. The number of carbonyl (C=O) groups excluding carboxylic acids is 1. The SMILES string of the molecule is C#Cc1nc(NC(=O)N[C@@H](CO)C2CCN(c3ccccc3C#N)CC2)cs1. The monoisotopic (exact) mass is 395 g/mol. The molecule has 7 nitrogen and oxygen atoms in total. The number of piperidine rings is 1. The number of hydrogen-bond acceptors (Lipinski definition) is 6. The summed E-state index contributed by atoms with van der Waals surface area (Å²) >= 11 is 1.28. The molecule has 28 heavy (non-hydrogen) atoms. The largest absolute Gasteiger partial charge is 0.394 e. The van der Waals surface area contributed by atoms with Gasteiger partial charge in [0.2, 0.25) is 0 Å². The van der Waals surface area contributed by atoms with Crippen LogP contribution in [-0.2, 0) is 0 Å². The molecular weight excluding hydrogens is 374 g/mol. The molecule has 0 spiro atoms. The van der Waals surface area contributed by atoms with Crippen LogP contribution in [0.15, 0.2) is 29.6 Å². The maximum absolute atomic E-state index is 12.2. The molecule has 8 heteroatoms. The van der Waals surface area contributed by atoms with Gasteiger partial charge in [0.15, 0.2) is 5.01 Å². The molecule has 1 aliphatic rings. The van der Waals surface area contributed by atoms with Crippen LogP contribution in [0.4, 0.5) is 16.3 Å². The minimum Gasteiger partial charge on any atom is -0.394 e. The second-order valence-electron chi connectivity index (χ2n) is 6.52. The molecule has 1 aliphatic heterocycles. The van der Waals surface area contributed by atoms with E-state index in [1.54, 1.807) is 5.38 Å². The maximum atomic E-state index is 12.2. The third-order valence-corrected chi connectivity index (χ3v) is 5.63. The Labute approximate surface area is 168 Å². The molecular formula is C20H21N5O2S. The zero-order chi connectivity index (χ0) is 19.9. The van der Waals surface area contributed by atoms with Crippen molar-refractivity contribution < 1.29 is 9.90 Å². The number of anilines is 2. The van der Waals surface area contributed by atoms with Gasteiger partial charge in [0.05, 0.1) is 23.9 Å². The summed E-state index contributed by atoms with van der Waals surface area (Å²) in [6.07, 6.45) is 6.90. The number of thiazole rings is 1. The van der Waals surface area contributed by atoms with E-state index in [0.717, 1.165) is 31.6 Å². The van der Waals surface area contributed by atoms with Gasteiger partial charge in [-0.25, -0.2) is 9.78 Å². The fourth-order valence-corrected chi connectivity index (χ4v) is 3.97. The average molecular weight is 395 g/mol. The molecule has 144 valence electrons. The van der Waals surface area contributed by atoms with Crippen molar-refractivity contribution in [2.75, 3.05) is 29.9 Å². The average Bonchev–Trinajstić information content (AvgIpc) is 3.19. The third-order valence-electron chi connectivity index (χ3n) is 4.86. The Kier molecular flexibility index (Phi) is 6.49. The first kappa shape index (κ1) is 19.7. The number of para-hydroxylation sites is 1. The van der Waals surface area contributed by atoms with E-state index < -0.39 is 6.03 Å². The van der Waals surface area contributed by atoms with Crippen molar-refractivity contribution in [2.24, 2.45) is 5.92 Å². The Morgan fingerprint density at radius 1 is 1.43 bits per heavy atom. The predicted octanol–water partition coefficient (Wildman–Crippen LogP) is 2.40. The van der Waals surface area contributed by atoms with Gasteiger partial charge in [-0.2, -0.15) is 5.26 Å². The lowest BCUT2D eigenvalue weighted by Gasteiger charge is -2.37. The molecule has 0 aliphatic carbocycles. The van der Waals surface area contributed by atoms with Crippen LogP contribution in [-0.4, -0.2) is 41.9 Å². The number of benzene rings is 1. The lowest BCUT2D eigenvalue weighted by Crippen LogP contribution is -2.48. The molecule has 1 aromatic carbocycles. The number of aliphatic hydroxyl groups is 1. The summed E-state index contributed by atoms with van der Waals surface area (Å²) in [5, 5.41) is 26.7. The summed E-state index contributed by atoms with van der Waals surface area (Å²) in [4.78, 5) is 18.5. The topological polar surface area (TPSA) is 101 Å². The molecule has 2 aromatic rings. The van der Waals surface area contributed by atoms with E-state index in [0.29, 0.717) is 16.4 Å². The van der Waals surface area contributed by atoms with Gasteiger partial charge in [0, 0.05) is 18.5 Å². The number of urea groups is 1. The van der Waals surface area contributed by atoms with Crippen LogP contribution in [0, 0.1) is 29.6 Å². The van der Waals surface area contributed by atoms with Crippen molar-refractivity contribution >= 4 is 28.9 Å². The second-order valence-corrected chi connectivity index (χ2v) is 7.38. The van der Waals surface area contributed by atoms with Crippen molar-refractivity contribution in [3.05, 3.63) is 40.2 Å². The second kappa shape index (κ2) is 9.23. The van der Waals surface area contributed by atoms with E-state index in [4.69, 9.17) is 6.42 Å². The number of terminal acetylenes is 1. The Morgan fingerprint density at radius 3 is 2.82 bits per heavy atom. The third kappa shape index (κ3) is 4.61. The van der Waals surface area contributed by atoms with E-state index in [1.165, 1.54) is 11.3 Å². The number of carbonyl (C=O) groups is 1. The number of aliphatic hydroxyl groups excluding tert-OH is 1. The molecule has 1 atom stereocenters. The van der Waals surface area contributed by atoms with E-state index >= 15 is 0 Å². The first-order valence-electron chi connectivity index (χ1n) is 8.99. The zero-order valence-corrected chi connectivity index (χ0v) is 16.1. The molecule has 2 heterocycles. The highest BCUT2D eigenvalue weighted by Crippen LogP contribution is 2.27. The van der Waals surface area contributed by atoms with Gasteiger partial charge in [0.25, 0.3) is 0 Å². The summed E-state index contributed by atoms with van der Waals surface area (Å²) in [7, 11) is 0. The summed E-state index contributed by atoms with van der Waals surface area (Å²) < 4.78 is 0. The van der Waals surface area contributed by atoms with Gasteiger partial charge < -0.3 is 15.3 Å². The lowest BCUT2D eigenvalue weighted by atomic mass is 9.89. The minimum atomic E-state index is -0.412. The van der Waals surface area contributed by atoms with Crippen LogP contribution >= 0.6 is 11.3 Å². The van der Waals surface area contributed by atoms with Crippen LogP contribution in [0.25, 0.3) is 0 Å². The quantitative estimate of drug-likeness (QED) is 0.675. The predicted molar refractivity (Wildman–Crippen MR) is 109 cm³/mol. The van der Waals surface area contributed by atoms with Crippen LogP contribution in [0.2, 0.25) is 0 Å². The van der Waals surface area contributed by atoms with Gasteiger partial charge in [0.1, 0.15) is 11.9 Å². The highest BCUT2D eigenvalue weighted by Gasteiger charge is 2.28. The summed E-state index contributed by atoms with van der Waals surface area (Å²) in [5.41, 5.74) is 1.59. The molecule has 0 radical (unpaired) electrons. The van der Waals surface area contributed by atoms with Gasteiger partial charge in [-0.1, -0.05) is 12.1 Å². The fraction of sp³-hybridized carbons (Fsp3) is 0.350. The van der Waals surface area contributed by atoms with Crippen molar-refractivity contribution in [1.29, 1.82) is 5.26 Å².